The minimum atomic E-state index is -0.782. The summed E-state index contributed by atoms with van der Waals surface area (Å²) in [6.45, 7) is 6.23. The van der Waals surface area contributed by atoms with Gasteiger partial charge in [-0.3, -0.25) is 14.9 Å². The van der Waals surface area contributed by atoms with E-state index in [9.17, 15) is 14.4 Å². The van der Waals surface area contributed by atoms with Gasteiger partial charge in [0.2, 0.25) is 0 Å². The predicted molar refractivity (Wildman–Crippen MR) is 151 cm³/mol. The summed E-state index contributed by atoms with van der Waals surface area (Å²) in [5.74, 6) is -0.472. The number of carbonyl (C=O) groups is 3. The lowest BCUT2D eigenvalue weighted by molar-refractivity contribution is -0.122. The predicted octanol–water partition coefficient (Wildman–Crippen LogP) is 6.02. The molecule has 0 spiro atoms. The van der Waals surface area contributed by atoms with Crippen molar-refractivity contribution in [3.05, 3.63) is 106 Å². The van der Waals surface area contributed by atoms with Crippen molar-refractivity contribution >= 4 is 40.4 Å². The average molecular weight is 521 g/mol. The summed E-state index contributed by atoms with van der Waals surface area (Å²) in [5, 5.41) is 4.53. The quantitative estimate of drug-likeness (QED) is 0.248. The van der Waals surface area contributed by atoms with Gasteiger partial charge < -0.3 is 9.47 Å². The standard InChI is InChI=1S/C32H28N2O5/c1-19-10-13-24(15-21(19)3)34-31(36)26(30(35)33-32(34)37)16-22-11-14-28(29(17-22)38-4)39-18-27-20(2)9-12-23-7-5-6-8-25(23)27/h5-17H,18H2,1-4H3,(H,33,35,37)/b26-16+. The van der Waals surface area contributed by atoms with Gasteiger partial charge in [-0.1, -0.05) is 48.5 Å². The first-order valence-electron chi connectivity index (χ1n) is 12.5. The molecule has 39 heavy (non-hydrogen) atoms. The number of amides is 4. The van der Waals surface area contributed by atoms with Crippen molar-refractivity contribution in [3.8, 4) is 11.5 Å². The zero-order chi connectivity index (χ0) is 27.7. The topological polar surface area (TPSA) is 84.9 Å². The minimum absolute atomic E-state index is 0.157. The van der Waals surface area contributed by atoms with Gasteiger partial charge in [0.25, 0.3) is 11.8 Å². The third-order valence-corrected chi connectivity index (χ3v) is 7.00. The van der Waals surface area contributed by atoms with Crippen LogP contribution in [0.4, 0.5) is 10.5 Å². The number of carbonyl (C=O) groups excluding carboxylic acids is 3. The summed E-state index contributed by atoms with van der Waals surface area (Å²) in [7, 11) is 1.53. The van der Waals surface area contributed by atoms with Crippen LogP contribution in [0.15, 0.2) is 78.4 Å². The monoisotopic (exact) mass is 520 g/mol. The summed E-state index contributed by atoms with van der Waals surface area (Å²) >= 11 is 0. The molecule has 0 saturated carbocycles. The van der Waals surface area contributed by atoms with Gasteiger partial charge in [0.1, 0.15) is 12.2 Å². The maximum absolute atomic E-state index is 13.3. The first-order valence-corrected chi connectivity index (χ1v) is 12.5. The van der Waals surface area contributed by atoms with Crippen molar-refractivity contribution in [2.75, 3.05) is 12.0 Å². The Kier molecular flexibility index (Phi) is 6.90. The van der Waals surface area contributed by atoms with Crippen LogP contribution in [-0.2, 0) is 16.2 Å². The molecule has 0 radical (unpaired) electrons. The molecule has 0 bridgehead atoms. The molecule has 0 atom stereocenters. The van der Waals surface area contributed by atoms with Gasteiger partial charge in [0.15, 0.2) is 11.5 Å². The molecule has 0 aromatic heterocycles. The van der Waals surface area contributed by atoms with Crippen molar-refractivity contribution in [1.82, 2.24) is 5.32 Å². The van der Waals surface area contributed by atoms with Crippen molar-refractivity contribution in [2.24, 2.45) is 0 Å². The summed E-state index contributed by atoms with van der Waals surface area (Å²) in [6.07, 6.45) is 1.44. The number of anilines is 1. The molecule has 1 fully saturated rings. The number of barbiturate groups is 1. The number of nitrogens with one attached hydrogen (secondary N) is 1. The number of benzene rings is 4. The number of nitrogens with zero attached hydrogens (tertiary/aromatic N) is 1. The zero-order valence-corrected chi connectivity index (χ0v) is 22.2. The zero-order valence-electron chi connectivity index (χ0n) is 22.2. The Morgan fingerprint density at radius 2 is 1.59 bits per heavy atom. The maximum Gasteiger partial charge on any atom is 0.335 e. The summed E-state index contributed by atoms with van der Waals surface area (Å²) in [5.41, 5.74) is 4.95. The summed E-state index contributed by atoms with van der Waals surface area (Å²) in [6, 6.07) is 22.0. The molecule has 1 aliphatic rings. The number of fused-ring (bicyclic) bond motifs is 1. The van der Waals surface area contributed by atoms with Crippen LogP contribution in [0, 0.1) is 20.8 Å². The van der Waals surface area contributed by atoms with Crippen LogP contribution in [0.3, 0.4) is 0 Å². The number of hydrogen-bond acceptors (Lipinski definition) is 5. The first kappa shape index (κ1) is 25.7. The largest absolute Gasteiger partial charge is 0.493 e. The van der Waals surface area contributed by atoms with Crippen LogP contribution >= 0.6 is 0 Å². The fraction of sp³-hybridized carbons (Fsp3) is 0.156. The fourth-order valence-electron chi connectivity index (χ4n) is 4.60. The SMILES string of the molecule is COc1cc(/C=C2\C(=O)NC(=O)N(c3ccc(C)c(C)c3)C2=O)ccc1OCc1c(C)ccc2ccccc12. The van der Waals surface area contributed by atoms with E-state index in [2.05, 4.69) is 36.5 Å². The van der Waals surface area contributed by atoms with Gasteiger partial charge in [-0.2, -0.15) is 0 Å². The Morgan fingerprint density at radius 1 is 0.821 bits per heavy atom. The minimum Gasteiger partial charge on any atom is -0.493 e. The molecule has 4 aromatic carbocycles. The van der Waals surface area contributed by atoms with Crippen LogP contribution in [0.25, 0.3) is 16.8 Å². The highest BCUT2D eigenvalue weighted by atomic mass is 16.5. The number of methoxy groups -OCH3 is 1. The molecule has 7 nitrogen and oxygen atoms in total. The van der Waals surface area contributed by atoms with E-state index in [1.807, 2.05) is 32.0 Å². The normalized spacial score (nSPS) is 14.6. The van der Waals surface area contributed by atoms with E-state index in [0.717, 1.165) is 37.9 Å². The molecular weight excluding hydrogens is 492 g/mol. The van der Waals surface area contributed by atoms with E-state index in [1.54, 1.807) is 30.3 Å². The van der Waals surface area contributed by atoms with Crippen LogP contribution in [0.5, 0.6) is 11.5 Å². The fourth-order valence-corrected chi connectivity index (χ4v) is 4.60. The number of imide groups is 2. The van der Waals surface area contributed by atoms with Crippen LogP contribution in [-0.4, -0.2) is 25.0 Å². The van der Waals surface area contributed by atoms with E-state index in [4.69, 9.17) is 9.47 Å². The van der Waals surface area contributed by atoms with Crippen LogP contribution < -0.4 is 19.7 Å². The maximum atomic E-state index is 13.3. The van der Waals surface area contributed by atoms with Crippen molar-refractivity contribution < 1.29 is 23.9 Å². The highest BCUT2D eigenvalue weighted by Gasteiger charge is 2.37. The van der Waals surface area contributed by atoms with Gasteiger partial charge >= 0.3 is 6.03 Å². The molecule has 4 aromatic rings. The molecule has 0 unspecified atom stereocenters. The molecule has 4 amide bonds. The van der Waals surface area contributed by atoms with E-state index in [0.29, 0.717) is 29.4 Å². The second-order valence-electron chi connectivity index (χ2n) is 9.51. The second-order valence-corrected chi connectivity index (χ2v) is 9.51. The van der Waals surface area contributed by atoms with E-state index in [-0.39, 0.29) is 5.57 Å². The number of rotatable bonds is 6. The van der Waals surface area contributed by atoms with Crippen molar-refractivity contribution in [1.29, 1.82) is 0 Å². The van der Waals surface area contributed by atoms with E-state index < -0.39 is 17.8 Å². The molecule has 1 aliphatic heterocycles. The molecule has 5 rings (SSSR count). The lowest BCUT2D eigenvalue weighted by Gasteiger charge is -2.27. The lowest BCUT2D eigenvalue weighted by Crippen LogP contribution is -2.54. The number of urea groups is 1. The smallest absolute Gasteiger partial charge is 0.335 e. The number of ether oxygens (including phenoxy) is 2. The second kappa shape index (κ2) is 10.5. The Hall–Kier alpha value is -4.91. The Balaban J connectivity index is 1.42. The molecule has 1 heterocycles. The lowest BCUT2D eigenvalue weighted by atomic mass is 10.0. The van der Waals surface area contributed by atoms with Gasteiger partial charge in [-0.05, 0) is 84.1 Å². The van der Waals surface area contributed by atoms with Gasteiger partial charge in [-0.25, -0.2) is 9.69 Å². The van der Waals surface area contributed by atoms with Crippen LogP contribution in [0.2, 0.25) is 0 Å². The number of aryl methyl sites for hydroxylation is 3. The highest BCUT2D eigenvalue weighted by molar-refractivity contribution is 6.39. The van der Waals surface area contributed by atoms with Gasteiger partial charge in [0.05, 0.1) is 12.8 Å². The average Bonchev–Trinajstić information content (AvgIpc) is 2.92. The first-order chi connectivity index (χ1) is 18.8. The van der Waals surface area contributed by atoms with Crippen LogP contribution in [0.1, 0.15) is 27.8 Å². The van der Waals surface area contributed by atoms with E-state index >= 15 is 0 Å². The molecule has 196 valence electrons. The molecule has 1 N–H and O–H groups in total. The number of hydrogen-bond donors (Lipinski definition) is 1. The summed E-state index contributed by atoms with van der Waals surface area (Å²) in [4.78, 5) is 39.5. The van der Waals surface area contributed by atoms with Gasteiger partial charge in [0, 0.05) is 5.56 Å². The Labute approximate surface area is 226 Å². The third kappa shape index (κ3) is 4.99. The highest BCUT2D eigenvalue weighted by Crippen LogP contribution is 2.32. The summed E-state index contributed by atoms with van der Waals surface area (Å²) < 4.78 is 11.7. The van der Waals surface area contributed by atoms with E-state index in [1.165, 1.54) is 13.2 Å². The molecular formula is C32H28N2O5. The Bertz CT molecular complexity index is 1670. The van der Waals surface area contributed by atoms with Crippen molar-refractivity contribution in [2.45, 2.75) is 27.4 Å². The molecule has 1 saturated heterocycles. The molecule has 7 heteroatoms. The molecule has 0 aliphatic carbocycles. The van der Waals surface area contributed by atoms with Gasteiger partial charge in [-0.15, -0.1) is 0 Å². The Morgan fingerprint density at radius 3 is 2.36 bits per heavy atom. The third-order valence-electron chi connectivity index (χ3n) is 7.00. The van der Waals surface area contributed by atoms with Crippen molar-refractivity contribution in [3.63, 3.8) is 0 Å².